The number of halogens is 4. The molecule has 24 heteroatoms. The van der Waals surface area contributed by atoms with E-state index in [2.05, 4.69) is 50.7 Å². The molecular formula is C100H100ClF3N16O4. The summed E-state index contributed by atoms with van der Waals surface area (Å²) in [6.07, 6.45) is 24.7. The van der Waals surface area contributed by atoms with Gasteiger partial charge in [0.15, 0.2) is 0 Å². The first kappa shape index (κ1) is 83.6. The summed E-state index contributed by atoms with van der Waals surface area (Å²) in [6.45, 7) is 24.5. The summed E-state index contributed by atoms with van der Waals surface area (Å²) < 4.78 is 57.5. The average Bonchev–Trinajstić information content (AvgIpc) is 1.57. The summed E-state index contributed by atoms with van der Waals surface area (Å²) in [7, 11) is 0. The minimum atomic E-state index is -0.320. The zero-order valence-electron chi connectivity index (χ0n) is 70.4. The Morgan fingerprint density at radius 1 is 0.274 bits per heavy atom. The van der Waals surface area contributed by atoms with Crippen LogP contribution in [-0.4, -0.2) is 156 Å². The minimum absolute atomic E-state index is 0.0880. The molecule has 20 rings (SSSR count). The van der Waals surface area contributed by atoms with Crippen LogP contribution in [0.3, 0.4) is 0 Å². The number of hydrogen-bond donors (Lipinski definition) is 0. The van der Waals surface area contributed by atoms with Crippen molar-refractivity contribution < 1.29 is 13.2 Å². The van der Waals surface area contributed by atoms with Crippen LogP contribution in [0, 0.1) is 45.1 Å². The highest BCUT2D eigenvalue weighted by Gasteiger charge is 2.21. The Morgan fingerprint density at radius 3 is 0.742 bits per heavy atom. The summed E-state index contributed by atoms with van der Waals surface area (Å²) in [6, 6.07) is 58.2. The van der Waals surface area contributed by atoms with E-state index in [1.54, 1.807) is 79.3 Å². The number of rotatable bonds is 20. The average molecular weight is 1680 g/mol. The van der Waals surface area contributed by atoms with E-state index in [0.29, 0.717) is 38.4 Å². The number of aryl methyl sites for hydroxylation is 4. The molecule has 0 aliphatic carbocycles. The maximum Gasteiger partial charge on any atom is 0.255 e. The van der Waals surface area contributed by atoms with Crippen LogP contribution in [-0.2, 0) is 26.2 Å². The van der Waals surface area contributed by atoms with Crippen LogP contribution < -0.4 is 22.2 Å². The molecule has 4 aliphatic rings. The van der Waals surface area contributed by atoms with Gasteiger partial charge in [0.2, 0.25) is 0 Å². The van der Waals surface area contributed by atoms with E-state index in [-0.39, 0.29) is 39.7 Å². The molecule has 4 aliphatic heterocycles. The number of hydrogen-bond acceptors (Lipinski definition) is 12. The standard InChI is InChI=1S/C25H25ClN4O.3C25H25FN4O/c4*1-18-4-6-22(23(26)14-18)19-8-11-29(25(31)16-19)21-5-7-24-20(15-21)17-27-30(24)13-12-28-9-2-3-10-28/h4*4-8,11,14-17H,2-3,9-10,12-13H2,1H3. The van der Waals surface area contributed by atoms with Gasteiger partial charge in [0, 0.05) is 147 Å². The van der Waals surface area contributed by atoms with Crippen LogP contribution in [0.4, 0.5) is 13.2 Å². The Labute approximate surface area is 722 Å². The van der Waals surface area contributed by atoms with Gasteiger partial charge in [-0.3, -0.25) is 56.2 Å². The van der Waals surface area contributed by atoms with Crippen LogP contribution in [0.1, 0.15) is 73.6 Å². The molecule has 8 aromatic carbocycles. The smallest absolute Gasteiger partial charge is 0.255 e. The van der Waals surface area contributed by atoms with Crippen LogP contribution in [0.15, 0.2) is 263 Å². The Balaban J connectivity index is 0.000000117. The molecule has 4 saturated heterocycles. The van der Waals surface area contributed by atoms with Crippen molar-refractivity contribution in [1.82, 2.24) is 77.0 Å². The van der Waals surface area contributed by atoms with Crippen LogP contribution in [0.25, 0.3) is 111 Å². The lowest BCUT2D eigenvalue weighted by atomic mass is 10.0. The van der Waals surface area contributed by atoms with Gasteiger partial charge in [-0.2, -0.15) is 20.4 Å². The van der Waals surface area contributed by atoms with Gasteiger partial charge in [-0.05, 0) is 297 Å². The van der Waals surface area contributed by atoms with Gasteiger partial charge in [0.1, 0.15) is 17.5 Å². The van der Waals surface area contributed by atoms with Gasteiger partial charge >= 0.3 is 0 Å². The molecule has 0 spiro atoms. The maximum atomic E-state index is 14.3. The van der Waals surface area contributed by atoms with Crippen molar-refractivity contribution in [1.29, 1.82) is 0 Å². The molecule has 0 amide bonds. The third-order valence-corrected chi connectivity index (χ3v) is 24.7. The van der Waals surface area contributed by atoms with Crippen molar-refractivity contribution in [3.63, 3.8) is 0 Å². The fourth-order valence-corrected chi connectivity index (χ4v) is 17.8. The normalized spacial score (nSPS) is 14.5. The van der Waals surface area contributed by atoms with Crippen molar-refractivity contribution in [2.24, 2.45) is 0 Å². The fraction of sp³-hybridized carbons (Fsp3) is 0.280. The van der Waals surface area contributed by atoms with Crippen molar-refractivity contribution in [2.75, 3.05) is 78.5 Å². The maximum absolute atomic E-state index is 14.3. The lowest BCUT2D eigenvalue weighted by Crippen LogP contribution is -2.24. The molecule has 0 radical (unpaired) electrons. The largest absolute Gasteiger partial charge is 0.301 e. The van der Waals surface area contributed by atoms with E-state index in [4.69, 9.17) is 11.6 Å². The Bertz CT molecular complexity index is 6020. The molecule has 12 heterocycles. The van der Waals surface area contributed by atoms with Crippen LogP contribution in [0.5, 0.6) is 0 Å². The Kier molecular flexibility index (Phi) is 25.4. The van der Waals surface area contributed by atoms with Gasteiger partial charge in [-0.1, -0.05) is 60.1 Å². The molecule has 0 unspecified atom stereocenters. The third kappa shape index (κ3) is 19.1. The van der Waals surface area contributed by atoms with Crippen LogP contribution >= 0.6 is 11.6 Å². The van der Waals surface area contributed by atoms with Crippen molar-refractivity contribution in [3.05, 3.63) is 330 Å². The number of fused-ring (bicyclic) bond motifs is 4. The molecule has 632 valence electrons. The zero-order valence-corrected chi connectivity index (χ0v) is 71.1. The molecule has 4 fully saturated rings. The first-order chi connectivity index (χ1) is 60.3. The molecule has 0 atom stereocenters. The number of aromatic nitrogens is 12. The number of nitrogens with zero attached hydrogens (tertiary/aromatic N) is 16. The molecule has 20 nitrogen and oxygen atoms in total. The number of benzene rings is 8. The second kappa shape index (κ2) is 37.6. The highest BCUT2D eigenvalue weighted by atomic mass is 35.5. The topological polar surface area (TPSA) is 172 Å². The second-order valence-corrected chi connectivity index (χ2v) is 33.5. The van der Waals surface area contributed by atoms with Gasteiger partial charge < -0.3 is 19.6 Å². The predicted octanol–water partition coefficient (Wildman–Crippen LogP) is 18.1. The molecular weight excluding hydrogens is 1580 g/mol. The fourth-order valence-electron chi connectivity index (χ4n) is 17.4. The van der Waals surface area contributed by atoms with E-state index >= 15 is 0 Å². The highest BCUT2D eigenvalue weighted by Crippen LogP contribution is 2.32. The van der Waals surface area contributed by atoms with Crippen LogP contribution in [0.2, 0.25) is 5.02 Å². The molecule has 0 N–H and O–H groups in total. The SMILES string of the molecule is Cc1ccc(-c2ccn(-c3ccc4c(cnn4CCN4CCCC4)c3)c(=O)c2)c(Cl)c1.Cc1ccc(-c2ccn(-c3ccc4c(cnn4CCN4CCCC4)c3)c(=O)c2)c(F)c1.Cc1ccc(-c2ccn(-c3ccc4c(cnn4CCN4CCCC4)c3)c(=O)c2)c(F)c1.Cc1ccc(-c2ccn(-c3ccc4c(cnn4CCN4CCCC4)c3)c(=O)c2)c(F)c1. The van der Waals surface area contributed by atoms with Gasteiger partial charge in [0.25, 0.3) is 22.2 Å². The molecule has 16 aromatic rings. The molecule has 0 saturated carbocycles. The first-order valence-corrected chi connectivity index (χ1v) is 43.4. The van der Waals surface area contributed by atoms with Gasteiger partial charge in [-0.15, -0.1) is 0 Å². The lowest BCUT2D eigenvalue weighted by molar-refractivity contribution is 0.318. The van der Waals surface area contributed by atoms with E-state index in [1.807, 2.05) is 182 Å². The van der Waals surface area contributed by atoms with E-state index in [1.165, 1.54) is 140 Å². The highest BCUT2D eigenvalue weighted by molar-refractivity contribution is 6.33. The second-order valence-electron chi connectivity index (χ2n) is 33.1. The third-order valence-electron chi connectivity index (χ3n) is 24.3. The summed E-state index contributed by atoms with van der Waals surface area (Å²) in [4.78, 5) is 61.2. The van der Waals surface area contributed by atoms with E-state index in [9.17, 15) is 32.3 Å². The predicted molar refractivity (Wildman–Crippen MR) is 490 cm³/mol. The Morgan fingerprint density at radius 2 is 0.508 bits per heavy atom. The van der Waals surface area contributed by atoms with Crippen molar-refractivity contribution in [3.8, 4) is 67.3 Å². The number of likely N-dealkylation sites (tertiary alicyclic amines) is 4. The van der Waals surface area contributed by atoms with Crippen molar-refractivity contribution >= 4 is 55.2 Å². The van der Waals surface area contributed by atoms with Gasteiger partial charge in [-0.25, -0.2) is 13.2 Å². The quantitative estimate of drug-likeness (QED) is 0.0708. The summed E-state index contributed by atoms with van der Waals surface area (Å²) in [5.41, 5.74) is 15.1. The molecule has 124 heavy (non-hydrogen) atoms. The lowest BCUT2D eigenvalue weighted by Gasteiger charge is -2.14. The molecule has 8 aromatic heterocycles. The summed E-state index contributed by atoms with van der Waals surface area (Å²) >= 11 is 6.39. The zero-order chi connectivity index (χ0) is 85.5. The van der Waals surface area contributed by atoms with Crippen molar-refractivity contribution in [2.45, 2.75) is 105 Å². The first-order valence-electron chi connectivity index (χ1n) is 43.0. The Hall–Kier alpha value is -12.6. The van der Waals surface area contributed by atoms with E-state index in [0.717, 1.165) is 152 Å². The summed E-state index contributed by atoms with van der Waals surface area (Å²) in [5.74, 6) is -0.959. The van der Waals surface area contributed by atoms with E-state index < -0.39 is 0 Å². The summed E-state index contributed by atoms with van der Waals surface area (Å²) in [5, 5.41) is 22.9. The monoisotopic (exact) mass is 1680 g/mol. The molecule has 0 bridgehead atoms. The van der Waals surface area contributed by atoms with Gasteiger partial charge in [0.05, 0.1) is 73.0 Å². The minimum Gasteiger partial charge on any atom is -0.301 e. The number of pyridine rings is 4.